The molecule has 0 fully saturated rings. The van der Waals surface area contributed by atoms with E-state index in [-0.39, 0.29) is 29.5 Å². The summed E-state index contributed by atoms with van der Waals surface area (Å²) in [5, 5.41) is 11.4. The Morgan fingerprint density at radius 1 is 1.17 bits per heavy atom. The Morgan fingerprint density at radius 3 is 2.57 bits per heavy atom. The van der Waals surface area contributed by atoms with E-state index in [4.69, 9.17) is 13.9 Å². The van der Waals surface area contributed by atoms with E-state index in [2.05, 4.69) is 4.99 Å². The SMILES string of the molecule is CCOC(=O)C1=C(C)N=c2s/c(=C\c3ccc(-c4cccc([N+](=O)[O-])c4C)o3)c(=O)n2[C@H]1c1ccc(OC(C)C)cc1. The van der Waals surface area contributed by atoms with Crippen molar-refractivity contribution < 1.29 is 23.6 Å². The summed E-state index contributed by atoms with van der Waals surface area (Å²) in [7, 11) is 0. The molecule has 0 saturated carbocycles. The Kier molecular flexibility index (Phi) is 7.95. The minimum atomic E-state index is -0.754. The van der Waals surface area contributed by atoms with Gasteiger partial charge in [-0.2, -0.15) is 0 Å². The average molecular weight is 588 g/mol. The number of nitrogens with zero attached hydrogens (tertiary/aromatic N) is 3. The fourth-order valence-corrected chi connectivity index (χ4v) is 5.93. The second-order valence-corrected chi connectivity index (χ2v) is 11.0. The number of aromatic nitrogens is 1. The Labute approximate surface area is 245 Å². The summed E-state index contributed by atoms with van der Waals surface area (Å²) in [5.41, 5.74) is 2.18. The first kappa shape index (κ1) is 28.7. The molecule has 0 spiro atoms. The van der Waals surface area contributed by atoms with Crippen LogP contribution >= 0.6 is 11.3 Å². The number of furan rings is 1. The normalized spacial score (nSPS) is 15.0. The maximum atomic E-state index is 13.9. The molecule has 1 aliphatic rings. The van der Waals surface area contributed by atoms with Crippen molar-refractivity contribution in [1.29, 1.82) is 0 Å². The average Bonchev–Trinajstić information content (AvgIpc) is 3.52. The first-order valence-electron chi connectivity index (χ1n) is 13.4. The molecule has 2 aromatic carbocycles. The van der Waals surface area contributed by atoms with E-state index in [0.717, 1.165) is 0 Å². The Bertz CT molecular complexity index is 1900. The van der Waals surface area contributed by atoms with Gasteiger partial charge in [0.1, 0.15) is 17.3 Å². The van der Waals surface area contributed by atoms with E-state index in [1.807, 2.05) is 38.1 Å². The lowest BCUT2D eigenvalue weighted by atomic mass is 9.96. The number of carbonyl (C=O) groups is 1. The fourth-order valence-electron chi connectivity index (χ4n) is 4.90. The number of nitro benzene ring substituents is 1. The topological polar surface area (TPSA) is 126 Å². The Balaban J connectivity index is 1.60. The van der Waals surface area contributed by atoms with Crippen LogP contribution in [0.5, 0.6) is 5.75 Å². The smallest absolute Gasteiger partial charge is 0.338 e. The highest BCUT2D eigenvalue weighted by Gasteiger charge is 2.33. The molecular weight excluding hydrogens is 558 g/mol. The van der Waals surface area contributed by atoms with Gasteiger partial charge >= 0.3 is 5.97 Å². The van der Waals surface area contributed by atoms with Crippen molar-refractivity contribution in [3.05, 3.63) is 113 Å². The molecule has 0 radical (unpaired) electrons. The van der Waals surface area contributed by atoms with Crippen molar-refractivity contribution in [2.45, 2.75) is 46.8 Å². The number of carbonyl (C=O) groups excluding carboxylic acids is 1. The lowest BCUT2D eigenvalue weighted by molar-refractivity contribution is -0.385. The van der Waals surface area contributed by atoms with Crippen molar-refractivity contribution >= 4 is 29.1 Å². The molecular formula is C31H29N3O7S. The predicted molar refractivity (Wildman–Crippen MR) is 158 cm³/mol. The van der Waals surface area contributed by atoms with Crippen molar-refractivity contribution in [3.63, 3.8) is 0 Å². The number of allylic oxidation sites excluding steroid dienone is 1. The minimum absolute atomic E-state index is 0.00432. The minimum Gasteiger partial charge on any atom is -0.491 e. The van der Waals surface area contributed by atoms with Crippen LogP contribution in [0.4, 0.5) is 5.69 Å². The first-order chi connectivity index (χ1) is 20.1. The van der Waals surface area contributed by atoms with E-state index in [1.165, 1.54) is 22.0 Å². The van der Waals surface area contributed by atoms with Gasteiger partial charge in [-0.05, 0) is 64.4 Å². The molecule has 3 heterocycles. The summed E-state index contributed by atoms with van der Waals surface area (Å²) in [6.45, 7) is 9.17. The van der Waals surface area contributed by atoms with Crippen LogP contribution in [-0.4, -0.2) is 28.2 Å². The highest BCUT2D eigenvalue weighted by molar-refractivity contribution is 7.07. The molecule has 0 N–H and O–H groups in total. The van der Waals surface area contributed by atoms with Gasteiger partial charge in [0.05, 0.1) is 39.5 Å². The zero-order valence-corrected chi connectivity index (χ0v) is 24.6. The number of rotatable bonds is 8. The lowest BCUT2D eigenvalue weighted by Crippen LogP contribution is -2.39. The number of benzene rings is 2. The third kappa shape index (κ3) is 5.42. The summed E-state index contributed by atoms with van der Waals surface area (Å²) in [4.78, 5) is 43.0. The third-order valence-electron chi connectivity index (χ3n) is 6.75. The predicted octanol–water partition coefficient (Wildman–Crippen LogP) is 5.06. The van der Waals surface area contributed by atoms with Crippen molar-refractivity contribution in [3.8, 4) is 17.1 Å². The molecule has 4 aromatic rings. The van der Waals surface area contributed by atoms with Gasteiger partial charge < -0.3 is 13.9 Å². The van der Waals surface area contributed by atoms with Crippen LogP contribution in [0.1, 0.15) is 50.6 Å². The molecule has 11 heteroatoms. The zero-order chi connectivity index (χ0) is 30.1. The number of thiazole rings is 1. The van der Waals surface area contributed by atoms with E-state index in [0.29, 0.717) is 49.0 Å². The molecule has 42 heavy (non-hydrogen) atoms. The molecule has 216 valence electrons. The maximum absolute atomic E-state index is 13.9. The van der Waals surface area contributed by atoms with Gasteiger partial charge in [-0.25, -0.2) is 9.79 Å². The Hall–Kier alpha value is -4.77. The lowest BCUT2D eigenvalue weighted by Gasteiger charge is -2.25. The van der Waals surface area contributed by atoms with Gasteiger partial charge in [-0.3, -0.25) is 19.5 Å². The van der Waals surface area contributed by atoms with Gasteiger partial charge in [-0.15, -0.1) is 0 Å². The van der Waals surface area contributed by atoms with E-state index < -0.39 is 16.9 Å². The molecule has 0 saturated heterocycles. The standard InChI is InChI=1S/C31H29N3O7S/c1-6-39-30(36)27-19(5)32-31-33(28(27)20-10-12-21(13-11-20)40-17(2)3)29(35)26(42-31)16-22-14-15-25(41-22)23-8-7-9-24(18(23)4)34(37)38/h7-17,28H,6H2,1-5H3/b26-16-/t28-/m0/s1. The summed E-state index contributed by atoms with van der Waals surface area (Å²) in [6.07, 6.45) is 1.61. The molecule has 1 atom stereocenters. The number of nitro groups is 1. The van der Waals surface area contributed by atoms with Crippen LogP contribution in [0, 0.1) is 17.0 Å². The fraction of sp³-hybridized carbons (Fsp3) is 0.258. The quantitative estimate of drug-likeness (QED) is 0.160. The molecule has 0 unspecified atom stereocenters. The van der Waals surface area contributed by atoms with Crippen LogP contribution in [0.25, 0.3) is 17.4 Å². The van der Waals surface area contributed by atoms with Gasteiger partial charge in [0.25, 0.3) is 11.2 Å². The zero-order valence-electron chi connectivity index (χ0n) is 23.7. The second kappa shape index (κ2) is 11.6. The van der Waals surface area contributed by atoms with Gasteiger partial charge in [-0.1, -0.05) is 35.6 Å². The van der Waals surface area contributed by atoms with Crippen LogP contribution in [0.15, 0.2) is 80.1 Å². The van der Waals surface area contributed by atoms with Crippen LogP contribution in [0.2, 0.25) is 0 Å². The molecule has 0 amide bonds. The van der Waals surface area contributed by atoms with Gasteiger partial charge in [0.2, 0.25) is 0 Å². The monoisotopic (exact) mass is 587 g/mol. The number of hydrogen-bond donors (Lipinski definition) is 0. The van der Waals surface area contributed by atoms with E-state index >= 15 is 0 Å². The van der Waals surface area contributed by atoms with Crippen molar-refractivity contribution in [1.82, 2.24) is 4.57 Å². The summed E-state index contributed by atoms with van der Waals surface area (Å²) in [6, 6.07) is 14.7. The van der Waals surface area contributed by atoms with Gasteiger partial charge in [0, 0.05) is 23.3 Å². The molecule has 1 aliphatic heterocycles. The van der Waals surface area contributed by atoms with Crippen molar-refractivity contribution in [2.75, 3.05) is 6.61 Å². The van der Waals surface area contributed by atoms with E-state index in [9.17, 15) is 19.7 Å². The van der Waals surface area contributed by atoms with E-state index in [1.54, 1.807) is 51.1 Å². The molecule has 5 rings (SSSR count). The number of ether oxygens (including phenoxy) is 2. The number of esters is 1. The largest absolute Gasteiger partial charge is 0.491 e. The molecule has 0 aliphatic carbocycles. The number of hydrogen-bond acceptors (Lipinski definition) is 9. The Morgan fingerprint density at radius 2 is 1.90 bits per heavy atom. The highest BCUT2D eigenvalue weighted by Crippen LogP contribution is 2.33. The van der Waals surface area contributed by atoms with Crippen LogP contribution < -0.4 is 19.6 Å². The highest BCUT2D eigenvalue weighted by atomic mass is 32.1. The van der Waals surface area contributed by atoms with Gasteiger partial charge in [0.15, 0.2) is 4.80 Å². The number of fused-ring (bicyclic) bond motifs is 1. The second-order valence-electron chi connectivity index (χ2n) is 9.95. The maximum Gasteiger partial charge on any atom is 0.338 e. The van der Waals surface area contributed by atoms with Crippen LogP contribution in [0.3, 0.4) is 0 Å². The molecule has 2 aromatic heterocycles. The third-order valence-corrected chi connectivity index (χ3v) is 7.74. The molecule has 0 bridgehead atoms. The molecule has 10 nitrogen and oxygen atoms in total. The van der Waals surface area contributed by atoms with Crippen LogP contribution in [-0.2, 0) is 9.53 Å². The first-order valence-corrected chi connectivity index (χ1v) is 14.2. The summed E-state index contributed by atoms with van der Waals surface area (Å²) < 4.78 is 19.0. The summed E-state index contributed by atoms with van der Waals surface area (Å²) >= 11 is 1.18. The van der Waals surface area contributed by atoms with Crippen molar-refractivity contribution in [2.24, 2.45) is 4.99 Å². The summed E-state index contributed by atoms with van der Waals surface area (Å²) in [5.74, 6) is 0.974.